The van der Waals surface area contributed by atoms with Crippen LogP contribution in [0.25, 0.3) is 0 Å². The van der Waals surface area contributed by atoms with E-state index in [9.17, 15) is 9.59 Å². The van der Waals surface area contributed by atoms with Crippen molar-refractivity contribution in [1.29, 1.82) is 0 Å². The number of ether oxygens (including phenoxy) is 2. The summed E-state index contributed by atoms with van der Waals surface area (Å²) in [7, 11) is 0. The number of para-hydroxylation sites is 2. The van der Waals surface area contributed by atoms with Gasteiger partial charge in [-0.25, -0.2) is 0 Å². The van der Waals surface area contributed by atoms with Crippen molar-refractivity contribution >= 4 is 11.9 Å². The van der Waals surface area contributed by atoms with E-state index >= 15 is 0 Å². The molecule has 0 spiro atoms. The molecular weight excluding hydrogens is 256 g/mol. The lowest BCUT2D eigenvalue weighted by Gasteiger charge is -2.13. The van der Waals surface area contributed by atoms with E-state index in [1.165, 1.54) is 0 Å². The van der Waals surface area contributed by atoms with Crippen LogP contribution >= 0.6 is 0 Å². The fraction of sp³-hybridized carbons (Fsp3) is 0.500. The van der Waals surface area contributed by atoms with Gasteiger partial charge in [-0.15, -0.1) is 0 Å². The number of hydrogen-bond donors (Lipinski definition) is 0. The fourth-order valence-electron chi connectivity index (χ4n) is 1.65. The second-order valence-corrected chi connectivity index (χ2v) is 4.74. The minimum absolute atomic E-state index is 0.162. The Bertz CT molecular complexity index is 454. The average molecular weight is 278 g/mol. The third-order valence-electron chi connectivity index (χ3n) is 2.97. The second-order valence-electron chi connectivity index (χ2n) is 4.74. The molecule has 4 heteroatoms. The molecule has 110 valence electrons. The zero-order valence-corrected chi connectivity index (χ0v) is 12.3. The summed E-state index contributed by atoms with van der Waals surface area (Å²) in [6, 6.07) is 6.72. The van der Waals surface area contributed by atoms with Crippen LogP contribution in [-0.2, 0) is 9.59 Å². The zero-order chi connectivity index (χ0) is 15.0. The summed E-state index contributed by atoms with van der Waals surface area (Å²) in [5, 5.41) is 0. The highest BCUT2D eigenvalue weighted by atomic mass is 16.6. The lowest BCUT2D eigenvalue weighted by Crippen LogP contribution is -2.18. The molecule has 0 amide bonds. The van der Waals surface area contributed by atoms with Crippen LogP contribution in [0.2, 0.25) is 0 Å². The van der Waals surface area contributed by atoms with Gasteiger partial charge in [0.25, 0.3) is 0 Å². The molecule has 1 aromatic carbocycles. The van der Waals surface area contributed by atoms with Crippen molar-refractivity contribution in [3.63, 3.8) is 0 Å². The first-order valence-electron chi connectivity index (χ1n) is 7.09. The van der Waals surface area contributed by atoms with Crippen LogP contribution in [0.3, 0.4) is 0 Å². The molecular formula is C16H22O4. The molecule has 0 aliphatic carbocycles. The number of carbonyl (C=O) groups excluding carboxylic acids is 2. The summed E-state index contributed by atoms with van der Waals surface area (Å²) in [4.78, 5) is 23.3. The van der Waals surface area contributed by atoms with E-state index in [0.717, 1.165) is 19.3 Å². The highest BCUT2D eigenvalue weighted by Gasteiger charge is 2.17. The van der Waals surface area contributed by atoms with Gasteiger partial charge in [0.2, 0.25) is 0 Å². The Morgan fingerprint density at radius 1 is 1.10 bits per heavy atom. The second kappa shape index (κ2) is 8.35. The number of rotatable bonds is 7. The van der Waals surface area contributed by atoms with Crippen molar-refractivity contribution in [3.05, 3.63) is 24.3 Å². The van der Waals surface area contributed by atoms with Gasteiger partial charge in [0.15, 0.2) is 11.5 Å². The molecule has 0 bridgehead atoms. The topological polar surface area (TPSA) is 52.6 Å². The SMILES string of the molecule is CCCCC(C)C(=O)Oc1ccccc1OC(=O)CC. The van der Waals surface area contributed by atoms with E-state index in [0.29, 0.717) is 5.75 Å². The van der Waals surface area contributed by atoms with Gasteiger partial charge in [-0.3, -0.25) is 9.59 Å². The quantitative estimate of drug-likeness (QED) is 0.563. The first kappa shape index (κ1) is 16.2. The first-order valence-corrected chi connectivity index (χ1v) is 7.09. The summed E-state index contributed by atoms with van der Waals surface area (Å²) in [5.74, 6) is -0.228. The molecule has 20 heavy (non-hydrogen) atoms. The predicted octanol–water partition coefficient (Wildman–Crippen LogP) is 3.73. The van der Waals surface area contributed by atoms with Crippen LogP contribution < -0.4 is 9.47 Å². The average Bonchev–Trinajstić information content (AvgIpc) is 2.46. The van der Waals surface area contributed by atoms with Gasteiger partial charge in [0, 0.05) is 6.42 Å². The number of esters is 2. The van der Waals surface area contributed by atoms with Crippen LogP contribution in [0, 0.1) is 5.92 Å². The molecule has 0 aromatic heterocycles. The maximum Gasteiger partial charge on any atom is 0.314 e. The van der Waals surface area contributed by atoms with Gasteiger partial charge >= 0.3 is 11.9 Å². The van der Waals surface area contributed by atoms with Crippen LogP contribution in [-0.4, -0.2) is 11.9 Å². The largest absolute Gasteiger partial charge is 0.423 e. The maximum absolute atomic E-state index is 12.0. The number of carbonyl (C=O) groups is 2. The highest BCUT2D eigenvalue weighted by Crippen LogP contribution is 2.28. The first-order chi connectivity index (χ1) is 9.58. The smallest absolute Gasteiger partial charge is 0.314 e. The Morgan fingerprint density at radius 3 is 2.25 bits per heavy atom. The van der Waals surface area contributed by atoms with Crippen LogP contribution in [0.5, 0.6) is 11.5 Å². The molecule has 1 unspecified atom stereocenters. The van der Waals surface area contributed by atoms with Crippen molar-refractivity contribution < 1.29 is 19.1 Å². The summed E-state index contributed by atoms with van der Waals surface area (Å²) in [6.45, 7) is 5.64. The summed E-state index contributed by atoms with van der Waals surface area (Å²) < 4.78 is 10.5. The van der Waals surface area contributed by atoms with Crippen molar-refractivity contribution in [2.75, 3.05) is 0 Å². The van der Waals surface area contributed by atoms with Crippen molar-refractivity contribution in [3.8, 4) is 11.5 Å². The van der Waals surface area contributed by atoms with E-state index in [-0.39, 0.29) is 30.0 Å². The minimum atomic E-state index is -0.354. The lowest BCUT2D eigenvalue weighted by atomic mass is 10.1. The Hall–Kier alpha value is -1.84. The van der Waals surface area contributed by atoms with Crippen LogP contribution in [0.4, 0.5) is 0 Å². The monoisotopic (exact) mass is 278 g/mol. The zero-order valence-electron chi connectivity index (χ0n) is 12.3. The van der Waals surface area contributed by atoms with E-state index in [1.54, 1.807) is 31.2 Å². The van der Waals surface area contributed by atoms with Crippen molar-refractivity contribution in [2.24, 2.45) is 5.92 Å². The molecule has 4 nitrogen and oxygen atoms in total. The normalized spacial score (nSPS) is 11.8. The van der Waals surface area contributed by atoms with E-state index < -0.39 is 0 Å². The maximum atomic E-state index is 12.0. The molecule has 0 aliphatic heterocycles. The molecule has 0 aliphatic rings. The van der Waals surface area contributed by atoms with Crippen molar-refractivity contribution in [2.45, 2.75) is 46.5 Å². The molecule has 0 heterocycles. The van der Waals surface area contributed by atoms with E-state index in [1.807, 2.05) is 6.92 Å². The van der Waals surface area contributed by atoms with E-state index in [2.05, 4.69) is 6.92 Å². The number of hydrogen-bond acceptors (Lipinski definition) is 4. The Labute approximate surface area is 120 Å². The molecule has 1 aromatic rings. The summed E-state index contributed by atoms with van der Waals surface area (Å²) in [6.07, 6.45) is 3.10. The summed E-state index contributed by atoms with van der Waals surface area (Å²) in [5.41, 5.74) is 0. The van der Waals surface area contributed by atoms with Gasteiger partial charge in [-0.1, -0.05) is 45.7 Å². The van der Waals surface area contributed by atoms with Crippen LogP contribution in [0.15, 0.2) is 24.3 Å². The molecule has 1 atom stereocenters. The standard InChI is InChI=1S/C16H22O4/c1-4-6-9-12(3)16(18)20-14-11-8-7-10-13(14)19-15(17)5-2/h7-8,10-12H,4-6,9H2,1-3H3. The van der Waals surface area contributed by atoms with Gasteiger partial charge in [-0.2, -0.15) is 0 Å². The van der Waals surface area contributed by atoms with Gasteiger partial charge in [-0.05, 0) is 18.6 Å². The Balaban J connectivity index is 2.71. The third kappa shape index (κ3) is 5.03. The molecule has 0 saturated carbocycles. The molecule has 0 fully saturated rings. The number of benzene rings is 1. The minimum Gasteiger partial charge on any atom is -0.423 e. The highest BCUT2D eigenvalue weighted by molar-refractivity contribution is 5.77. The molecule has 1 rings (SSSR count). The van der Waals surface area contributed by atoms with E-state index in [4.69, 9.17) is 9.47 Å². The predicted molar refractivity (Wildman–Crippen MR) is 76.7 cm³/mol. The molecule has 0 saturated heterocycles. The lowest BCUT2D eigenvalue weighted by molar-refractivity contribution is -0.140. The van der Waals surface area contributed by atoms with Crippen LogP contribution in [0.1, 0.15) is 46.5 Å². The number of unbranched alkanes of at least 4 members (excludes halogenated alkanes) is 1. The summed E-state index contributed by atoms with van der Waals surface area (Å²) >= 11 is 0. The van der Waals surface area contributed by atoms with Gasteiger partial charge in [0.1, 0.15) is 0 Å². The fourth-order valence-corrected chi connectivity index (χ4v) is 1.65. The third-order valence-corrected chi connectivity index (χ3v) is 2.97. The Kier molecular flexibility index (Phi) is 6.77. The molecule has 0 N–H and O–H groups in total. The van der Waals surface area contributed by atoms with Crippen molar-refractivity contribution in [1.82, 2.24) is 0 Å². The van der Waals surface area contributed by atoms with Gasteiger partial charge in [0.05, 0.1) is 5.92 Å². The van der Waals surface area contributed by atoms with Gasteiger partial charge < -0.3 is 9.47 Å². The Morgan fingerprint density at radius 2 is 1.70 bits per heavy atom. The molecule has 0 radical (unpaired) electrons.